The highest BCUT2D eigenvalue weighted by Crippen LogP contribution is 2.17. The van der Waals surface area contributed by atoms with Crippen LogP contribution in [-0.4, -0.2) is 66.8 Å². The average molecular weight is 945 g/mol. The van der Waals surface area contributed by atoms with Gasteiger partial charge in [0.15, 0.2) is 5.78 Å². The molecule has 0 saturated heterocycles. The molecule has 5 heteroatoms. The number of hydrogen-bond acceptors (Lipinski definition) is 4. The number of carbonyl (C=O) groups excluding carboxylic acids is 2. The van der Waals surface area contributed by atoms with Crippen LogP contribution in [0.3, 0.4) is 0 Å². The first-order valence-electron chi connectivity index (χ1n) is 31.1. The minimum atomic E-state index is -0.343. The molecule has 2 atom stereocenters. The van der Waals surface area contributed by atoms with Crippen molar-refractivity contribution < 1.29 is 9.59 Å². The number of hydrogen-bond donors (Lipinski definition) is 1. The molecule has 400 valence electrons. The first-order chi connectivity index (χ1) is 32.9. The highest BCUT2D eigenvalue weighted by molar-refractivity contribution is 5.88. The lowest BCUT2D eigenvalue weighted by atomic mass is 10.0. The Morgan fingerprint density at radius 3 is 0.761 bits per heavy atom. The number of nitrogens with zero attached hydrogens (tertiary/aromatic N) is 2. The molecule has 0 bridgehead atoms. The van der Waals surface area contributed by atoms with Gasteiger partial charge in [-0.1, -0.05) is 272 Å². The molecule has 0 aromatic rings. The van der Waals surface area contributed by atoms with E-state index in [1.165, 1.54) is 283 Å². The van der Waals surface area contributed by atoms with Crippen molar-refractivity contribution in [2.24, 2.45) is 5.92 Å². The van der Waals surface area contributed by atoms with E-state index in [1.807, 2.05) is 0 Å². The van der Waals surface area contributed by atoms with Crippen molar-refractivity contribution in [1.29, 1.82) is 0 Å². The SMILES string of the molecule is CCCCCCCCCCCCN(CCCCCCCCCCCC)CCCCC(C)C(=O)NC(CCCCN(CCCCCCCCCCCC)CCCCCCCCCCCC)C(C)=O. The summed E-state index contributed by atoms with van der Waals surface area (Å²) < 4.78 is 0. The van der Waals surface area contributed by atoms with Crippen molar-refractivity contribution in [1.82, 2.24) is 15.1 Å². The molecule has 0 aliphatic rings. The molecule has 2 unspecified atom stereocenters. The predicted molar refractivity (Wildman–Crippen MR) is 300 cm³/mol. The molecule has 0 aromatic carbocycles. The molecule has 0 aliphatic carbocycles. The zero-order valence-electron chi connectivity index (χ0n) is 47.1. The van der Waals surface area contributed by atoms with Crippen molar-refractivity contribution in [3.05, 3.63) is 0 Å². The molecule has 0 saturated carbocycles. The quantitative estimate of drug-likeness (QED) is 0.0617. The fourth-order valence-electron chi connectivity index (χ4n) is 10.3. The van der Waals surface area contributed by atoms with Crippen LogP contribution >= 0.6 is 0 Å². The summed E-state index contributed by atoms with van der Waals surface area (Å²) in [6.07, 6.45) is 61.6. The van der Waals surface area contributed by atoms with Crippen LogP contribution in [0.25, 0.3) is 0 Å². The fraction of sp³-hybridized carbons (Fsp3) is 0.968. The van der Waals surface area contributed by atoms with Gasteiger partial charge in [0.25, 0.3) is 0 Å². The summed E-state index contributed by atoms with van der Waals surface area (Å²) in [5.41, 5.74) is 0. The Balaban J connectivity index is 4.76. The van der Waals surface area contributed by atoms with Gasteiger partial charge in [-0.15, -0.1) is 0 Å². The number of ketones is 1. The Morgan fingerprint density at radius 1 is 0.313 bits per heavy atom. The van der Waals surface area contributed by atoms with Crippen molar-refractivity contribution >= 4 is 11.7 Å². The van der Waals surface area contributed by atoms with Gasteiger partial charge in [0.2, 0.25) is 5.91 Å². The Labute approximate surface area is 422 Å². The number of Topliss-reactive ketones (excluding diaryl/α,β-unsaturated/α-hetero) is 1. The molecule has 0 aliphatic heterocycles. The Kier molecular flexibility index (Phi) is 53.6. The zero-order valence-corrected chi connectivity index (χ0v) is 47.1. The normalized spacial score (nSPS) is 12.7. The Hall–Kier alpha value is -0.940. The lowest BCUT2D eigenvalue weighted by Crippen LogP contribution is -2.42. The van der Waals surface area contributed by atoms with Crippen LogP contribution in [0, 0.1) is 5.92 Å². The van der Waals surface area contributed by atoms with E-state index < -0.39 is 0 Å². The van der Waals surface area contributed by atoms with Crippen LogP contribution in [-0.2, 0) is 9.59 Å². The molecule has 0 heterocycles. The molecule has 0 aromatic heterocycles. The summed E-state index contributed by atoms with van der Waals surface area (Å²) >= 11 is 0. The maximum absolute atomic E-state index is 13.4. The average Bonchev–Trinajstić information content (AvgIpc) is 3.32. The third-order valence-electron chi connectivity index (χ3n) is 15.1. The van der Waals surface area contributed by atoms with Crippen LogP contribution in [0.15, 0.2) is 0 Å². The summed E-state index contributed by atoms with van der Waals surface area (Å²) in [7, 11) is 0. The first-order valence-corrected chi connectivity index (χ1v) is 31.1. The van der Waals surface area contributed by atoms with E-state index in [0.29, 0.717) is 0 Å². The van der Waals surface area contributed by atoms with Gasteiger partial charge in [-0.2, -0.15) is 0 Å². The van der Waals surface area contributed by atoms with E-state index in [0.717, 1.165) is 51.6 Å². The van der Waals surface area contributed by atoms with E-state index in [1.54, 1.807) is 6.92 Å². The molecule has 0 rings (SSSR count). The number of amides is 1. The second-order valence-electron chi connectivity index (χ2n) is 22.0. The molecule has 5 nitrogen and oxygen atoms in total. The molecular formula is C62H125N3O2. The monoisotopic (exact) mass is 944 g/mol. The molecule has 67 heavy (non-hydrogen) atoms. The molecule has 1 N–H and O–H groups in total. The molecule has 0 radical (unpaired) electrons. The third-order valence-corrected chi connectivity index (χ3v) is 15.1. The highest BCUT2D eigenvalue weighted by atomic mass is 16.2. The molecule has 0 spiro atoms. The van der Waals surface area contributed by atoms with Gasteiger partial charge in [0.05, 0.1) is 6.04 Å². The maximum atomic E-state index is 13.4. The van der Waals surface area contributed by atoms with Crippen LogP contribution in [0.5, 0.6) is 0 Å². The number of nitrogens with one attached hydrogen (secondary N) is 1. The standard InChI is InChI=1S/C62H125N3O2/c1-7-11-15-19-23-27-31-35-39-45-53-64(54-46-40-36-32-28-24-20-16-12-8-2)57-49-43-51-59(5)62(67)63-61(60(6)66)52-44-50-58-65(55-47-41-37-33-29-25-21-17-13-9-3)56-48-42-38-34-30-26-22-18-14-10-4/h59,61H,7-58H2,1-6H3,(H,63,67). The smallest absolute Gasteiger partial charge is 0.223 e. The minimum Gasteiger partial charge on any atom is -0.346 e. The van der Waals surface area contributed by atoms with Crippen molar-refractivity contribution in [2.75, 3.05) is 39.3 Å². The van der Waals surface area contributed by atoms with E-state index in [-0.39, 0.29) is 23.7 Å². The largest absolute Gasteiger partial charge is 0.346 e. The van der Waals surface area contributed by atoms with Gasteiger partial charge < -0.3 is 15.1 Å². The summed E-state index contributed by atoms with van der Waals surface area (Å²) in [5, 5.41) is 3.21. The maximum Gasteiger partial charge on any atom is 0.223 e. The lowest BCUT2D eigenvalue weighted by Gasteiger charge is -2.24. The Morgan fingerprint density at radius 2 is 0.522 bits per heavy atom. The van der Waals surface area contributed by atoms with Crippen molar-refractivity contribution in [3.63, 3.8) is 0 Å². The second kappa shape index (κ2) is 54.4. The van der Waals surface area contributed by atoms with Crippen LogP contribution in [0.2, 0.25) is 0 Å². The molecular weight excluding hydrogens is 819 g/mol. The van der Waals surface area contributed by atoms with Crippen LogP contribution in [0.4, 0.5) is 0 Å². The molecule has 1 amide bonds. The number of rotatable bonds is 57. The van der Waals surface area contributed by atoms with Crippen LogP contribution in [0.1, 0.15) is 337 Å². The highest BCUT2D eigenvalue weighted by Gasteiger charge is 2.21. The van der Waals surface area contributed by atoms with Crippen molar-refractivity contribution in [3.8, 4) is 0 Å². The van der Waals surface area contributed by atoms with Gasteiger partial charge in [-0.25, -0.2) is 0 Å². The topological polar surface area (TPSA) is 52.7 Å². The van der Waals surface area contributed by atoms with Crippen molar-refractivity contribution in [2.45, 2.75) is 343 Å². The predicted octanol–water partition coefficient (Wildman–Crippen LogP) is 19.3. The second-order valence-corrected chi connectivity index (χ2v) is 22.0. The summed E-state index contributed by atoms with van der Waals surface area (Å²) in [6, 6.07) is -0.343. The van der Waals surface area contributed by atoms with Gasteiger partial charge in [0, 0.05) is 5.92 Å². The van der Waals surface area contributed by atoms with E-state index in [4.69, 9.17) is 0 Å². The Bertz CT molecular complexity index is 940. The van der Waals surface area contributed by atoms with E-state index in [9.17, 15) is 9.59 Å². The summed E-state index contributed by atoms with van der Waals surface area (Å²) in [6.45, 7) is 20.2. The zero-order chi connectivity index (χ0) is 48.9. The summed E-state index contributed by atoms with van der Waals surface area (Å²) in [5.74, 6) is 0.149. The summed E-state index contributed by atoms with van der Waals surface area (Å²) in [4.78, 5) is 31.7. The first kappa shape index (κ1) is 66.1. The third kappa shape index (κ3) is 48.5. The van der Waals surface area contributed by atoms with Crippen LogP contribution < -0.4 is 5.32 Å². The van der Waals surface area contributed by atoms with Gasteiger partial charge in [-0.3, -0.25) is 9.59 Å². The lowest BCUT2D eigenvalue weighted by molar-refractivity contribution is -0.129. The number of carbonyl (C=O) groups is 2. The van der Waals surface area contributed by atoms with Gasteiger partial charge >= 0.3 is 0 Å². The molecule has 0 fully saturated rings. The van der Waals surface area contributed by atoms with Gasteiger partial charge in [-0.05, 0) is 104 Å². The van der Waals surface area contributed by atoms with E-state index in [2.05, 4.69) is 49.7 Å². The fourth-order valence-corrected chi connectivity index (χ4v) is 10.3. The van der Waals surface area contributed by atoms with Gasteiger partial charge in [0.1, 0.15) is 0 Å². The van der Waals surface area contributed by atoms with E-state index >= 15 is 0 Å². The number of unbranched alkanes of at least 4 members (excludes halogenated alkanes) is 38. The minimum absolute atomic E-state index is 0.0446.